The lowest BCUT2D eigenvalue weighted by Gasteiger charge is -2.29. The molecule has 0 amide bonds. The van der Waals surface area contributed by atoms with Gasteiger partial charge in [0, 0.05) is 0 Å². The summed E-state index contributed by atoms with van der Waals surface area (Å²) in [6.07, 6.45) is 0. The third-order valence-electron chi connectivity index (χ3n) is 4.54. The van der Waals surface area contributed by atoms with Gasteiger partial charge in [-0.05, 0) is 37.6 Å². The molecule has 0 saturated heterocycles. The number of rotatable bonds is 3. The molecule has 19 heavy (non-hydrogen) atoms. The molecule has 0 nitrogen and oxygen atoms in total. The molecule has 0 aromatic heterocycles. The highest BCUT2D eigenvalue weighted by Gasteiger charge is 2.36. The van der Waals surface area contributed by atoms with Crippen LogP contribution in [0.15, 0.2) is 52.2 Å². The quantitative estimate of drug-likeness (QED) is 0.540. The van der Waals surface area contributed by atoms with E-state index in [0.717, 1.165) is 8.13 Å². The lowest BCUT2D eigenvalue weighted by Crippen LogP contribution is -2.29. The summed E-state index contributed by atoms with van der Waals surface area (Å²) < 4.78 is 0. The summed E-state index contributed by atoms with van der Waals surface area (Å²) in [6.45, 7) is 14.4. The summed E-state index contributed by atoms with van der Waals surface area (Å²) >= 11 is 0. The molecule has 1 aromatic carbocycles. The van der Waals surface area contributed by atoms with Crippen LogP contribution in [0.3, 0.4) is 0 Å². The van der Waals surface area contributed by atoms with Gasteiger partial charge >= 0.3 is 0 Å². The Morgan fingerprint density at radius 2 is 1.53 bits per heavy atom. The molecular formula is C17H25PSi. The monoisotopic (exact) mass is 288 g/mol. The molecule has 0 fully saturated rings. The van der Waals surface area contributed by atoms with Crippen molar-refractivity contribution in [1.29, 1.82) is 0 Å². The molecule has 0 aliphatic heterocycles. The van der Waals surface area contributed by atoms with Crippen LogP contribution >= 0.6 is 8.13 Å². The van der Waals surface area contributed by atoms with Gasteiger partial charge in [0.15, 0.2) is 0 Å². The Balaban J connectivity index is 2.32. The van der Waals surface area contributed by atoms with Crippen LogP contribution in [0, 0.1) is 5.92 Å². The summed E-state index contributed by atoms with van der Waals surface area (Å²) in [5, 5.41) is 3.30. The Hall–Kier alpha value is -0.653. The molecular weight excluding hydrogens is 263 g/mol. The third kappa shape index (κ3) is 2.78. The van der Waals surface area contributed by atoms with Gasteiger partial charge in [-0.25, -0.2) is 0 Å². The molecule has 2 unspecified atom stereocenters. The van der Waals surface area contributed by atoms with Crippen molar-refractivity contribution in [3.63, 3.8) is 0 Å². The number of benzene rings is 1. The van der Waals surface area contributed by atoms with E-state index in [4.69, 9.17) is 0 Å². The smallest absolute Gasteiger partial charge is 0.0978 e. The number of hydrogen-bond acceptors (Lipinski definition) is 0. The summed E-state index contributed by atoms with van der Waals surface area (Å²) in [5.41, 5.74) is 4.72. The van der Waals surface area contributed by atoms with Crippen LogP contribution in [0.1, 0.15) is 27.7 Å². The maximum atomic E-state index is 2.54. The Kier molecular flexibility index (Phi) is 4.18. The van der Waals surface area contributed by atoms with Gasteiger partial charge in [-0.3, -0.25) is 0 Å². The third-order valence-corrected chi connectivity index (χ3v) is 11.5. The highest BCUT2D eigenvalue weighted by Crippen LogP contribution is 2.46. The van der Waals surface area contributed by atoms with Crippen molar-refractivity contribution >= 4 is 21.2 Å². The predicted molar refractivity (Wildman–Crippen MR) is 92.1 cm³/mol. The van der Waals surface area contributed by atoms with Crippen LogP contribution in [0.5, 0.6) is 0 Å². The fourth-order valence-electron chi connectivity index (χ4n) is 3.32. The molecule has 0 radical (unpaired) electrons. The van der Waals surface area contributed by atoms with Crippen molar-refractivity contribution in [2.24, 2.45) is 5.92 Å². The first-order chi connectivity index (χ1) is 8.84. The van der Waals surface area contributed by atoms with Gasteiger partial charge in [0.2, 0.25) is 0 Å². The van der Waals surface area contributed by atoms with E-state index in [-0.39, 0.29) is 0 Å². The van der Waals surface area contributed by atoms with Crippen molar-refractivity contribution in [2.45, 2.75) is 40.8 Å². The van der Waals surface area contributed by atoms with Gasteiger partial charge in [-0.15, -0.1) is 0 Å². The zero-order chi connectivity index (χ0) is 14.2. The molecule has 2 heteroatoms. The fraction of sp³-hybridized carbons (Fsp3) is 0.412. The lowest BCUT2D eigenvalue weighted by molar-refractivity contribution is 0.851. The van der Waals surface area contributed by atoms with Gasteiger partial charge in [-0.1, -0.05) is 74.8 Å². The molecule has 102 valence electrons. The minimum atomic E-state index is -1.36. The van der Waals surface area contributed by atoms with Crippen LogP contribution in [0.25, 0.3) is 0 Å². The van der Waals surface area contributed by atoms with Crippen LogP contribution < -0.4 is 5.30 Å². The van der Waals surface area contributed by atoms with Gasteiger partial charge in [0.25, 0.3) is 0 Å². The second-order valence-corrected chi connectivity index (χ2v) is 15.3. The van der Waals surface area contributed by atoms with Crippen molar-refractivity contribution < 1.29 is 0 Å². The average molecular weight is 288 g/mol. The predicted octanol–water partition coefficient (Wildman–Crippen LogP) is 5.04. The van der Waals surface area contributed by atoms with E-state index >= 15 is 0 Å². The maximum absolute atomic E-state index is 2.54. The molecule has 1 aliphatic rings. The van der Waals surface area contributed by atoms with Gasteiger partial charge in [0.05, 0.1) is 0 Å². The van der Waals surface area contributed by atoms with Crippen LogP contribution in [-0.4, -0.2) is 7.74 Å². The summed E-state index contributed by atoms with van der Waals surface area (Å²) in [6, 6.07) is 11.0. The van der Waals surface area contributed by atoms with E-state index in [2.05, 4.69) is 71.1 Å². The van der Waals surface area contributed by atoms with E-state index in [1.54, 1.807) is 21.9 Å². The standard InChI is InChI=1S/C17H25PSi/c1-12-13(2)15(4)17(14(12)3)19(5,6)18-16-10-8-7-9-11-16/h7-11,14,18H,1-6H3. The second-order valence-electron chi connectivity index (χ2n) is 6.18. The van der Waals surface area contributed by atoms with Gasteiger partial charge in [-0.2, -0.15) is 0 Å². The Morgan fingerprint density at radius 3 is 2.00 bits per heavy atom. The maximum Gasteiger partial charge on any atom is 0.105 e. The largest absolute Gasteiger partial charge is 0.105 e. The fourth-order valence-corrected chi connectivity index (χ4v) is 11.2. The Labute approximate surface area is 120 Å². The van der Waals surface area contributed by atoms with E-state index in [1.165, 1.54) is 5.30 Å². The first-order valence-corrected chi connectivity index (χ1v) is 12.1. The molecule has 0 saturated carbocycles. The summed E-state index contributed by atoms with van der Waals surface area (Å²) in [7, 11) is -0.384. The number of allylic oxidation sites excluding steroid dienone is 4. The van der Waals surface area contributed by atoms with Crippen molar-refractivity contribution in [1.82, 2.24) is 0 Å². The van der Waals surface area contributed by atoms with Crippen molar-refractivity contribution in [3.8, 4) is 0 Å². The molecule has 0 heterocycles. The summed E-state index contributed by atoms with van der Waals surface area (Å²) in [4.78, 5) is 0. The first-order valence-electron chi connectivity index (χ1n) is 7.07. The first kappa shape index (κ1) is 14.7. The summed E-state index contributed by atoms with van der Waals surface area (Å²) in [5.74, 6) is 0.665. The van der Waals surface area contributed by atoms with Crippen molar-refractivity contribution in [3.05, 3.63) is 52.2 Å². The van der Waals surface area contributed by atoms with Crippen LogP contribution in [0.2, 0.25) is 13.1 Å². The van der Waals surface area contributed by atoms with E-state index in [1.807, 2.05) is 0 Å². The molecule has 2 atom stereocenters. The Bertz CT molecular complexity index is 538. The molecule has 1 aromatic rings. The topological polar surface area (TPSA) is 0 Å². The lowest BCUT2D eigenvalue weighted by atomic mass is 10.1. The van der Waals surface area contributed by atoms with Crippen LogP contribution in [0.4, 0.5) is 0 Å². The minimum Gasteiger partial charge on any atom is -0.0978 e. The molecule has 0 bridgehead atoms. The molecule has 1 aliphatic carbocycles. The zero-order valence-electron chi connectivity index (χ0n) is 13.0. The van der Waals surface area contributed by atoms with Crippen molar-refractivity contribution in [2.75, 3.05) is 0 Å². The average Bonchev–Trinajstić information content (AvgIpc) is 2.55. The van der Waals surface area contributed by atoms with Crippen LogP contribution in [-0.2, 0) is 0 Å². The molecule has 0 N–H and O–H groups in total. The second kappa shape index (κ2) is 5.38. The normalized spacial score (nSPS) is 21.1. The molecule has 0 spiro atoms. The molecule has 2 rings (SSSR count). The highest BCUT2D eigenvalue weighted by molar-refractivity contribution is 7.88. The van der Waals surface area contributed by atoms with E-state index < -0.39 is 7.74 Å². The minimum absolute atomic E-state index is 0.665. The highest BCUT2D eigenvalue weighted by atomic mass is 31.3. The van der Waals surface area contributed by atoms with E-state index in [0.29, 0.717) is 5.92 Å². The van der Waals surface area contributed by atoms with E-state index in [9.17, 15) is 0 Å². The van der Waals surface area contributed by atoms with Gasteiger partial charge in [0.1, 0.15) is 7.74 Å². The Morgan fingerprint density at radius 1 is 0.947 bits per heavy atom. The zero-order valence-corrected chi connectivity index (χ0v) is 15.0. The SMILES string of the molecule is CC1=C(C)C(C)C([Si](C)(C)Pc2ccccc2)=C1C. The number of hydrogen-bond donors (Lipinski definition) is 0. The van der Waals surface area contributed by atoms with Gasteiger partial charge < -0.3 is 0 Å².